The average molecular weight is 715 g/mol. The van der Waals surface area contributed by atoms with E-state index in [4.69, 9.17) is 9.97 Å². The summed E-state index contributed by atoms with van der Waals surface area (Å²) in [4.78, 5) is 10.3. The summed E-state index contributed by atoms with van der Waals surface area (Å²) in [6, 6.07) is 73.2. The molecule has 4 nitrogen and oxygen atoms in total. The third-order valence-corrected chi connectivity index (χ3v) is 10.9. The van der Waals surface area contributed by atoms with Gasteiger partial charge >= 0.3 is 0 Å². The van der Waals surface area contributed by atoms with Gasteiger partial charge in [-0.25, -0.2) is 9.97 Å². The van der Waals surface area contributed by atoms with Crippen molar-refractivity contribution in [1.82, 2.24) is 19.1 Å². The molecule has 0 aliphatic carbocycles. The molecular formula is C52H34N4. The van der Waals surface area contributed by atoms with Crippen LogP contribution >= 0.6 is 0 Å². The Bertz CT molecular complexity index is 3170. The SMILES string of the molecule is c1ccc(-c2cccc(-n3c4ccccc4c4cc5c(cc43)c3ccccc3n5-c3ccccc3-c3cc(-c4ccccc4)nc(-c4ccccc4)n3)c2)cc1. The number of para-hydroxylation sites is 3. The molecule has 11 aromatic rings. The molecule has 0 saturated heterocycles. The zero-order chi connectivity index (χ0) is 37.0. The maximum absolute atomic E-state index is 5.26. The number of rotatable bonds is 6. The smallest absolute Gasteiger partial charge is 0.160 e. The Morgan fingerprint density at radius 1 is 0.304 bits per heavy atom. The third kappa shape index (κ3) is 5.23. The highest BCUT2D eigenvalue weighted by molar-refractivity contribution is 6.19. The molecule has 0 amide bonds. The van der Waals surface area contributed by atoms with E-state index in [0.29, 0.717) is 5.82 Å². The highest BCUT2D eigenvalue weighted by atomic mass is 15.0. The standard InChI is InChI=1S/C52H34N4/c1-4-17-35(18-5-1)38-23-16-24-39(31-38)55-47-28-13-10-25-40(47)43-33-51-44(32-50(43)55)41-26-11-14-29-48(41)56(51)49-30-15-12-27-42(49)46-34-45(36-19-6-2-7-20-36)53-52(54-46)37-21-8-3-9-22-37/h1-34H. The minimum atomic E-state index is 0.699. The van der Waals surface area contributed by atoms with Crippen LogP contribution in [0.3, 0.4) is 0 Å². The second kappa shape index (κ2) is 13.1. The van der Waals surface area contributed by atoms with Crippen LogP contribution in [0, 0.1) is 0 Å². The maximum Gasteiger partial charge on any atom is 0.160 e. The quantitative estimate of drug-likeness (QED) is 0.172. The fourth-order valence-corrected chi connectivity index (χ4v) is 8.37. The summed E-state index contributed by atoms with van der Waals surface area (Å²) in [5.41, 5.74) is 14.1. The fraction of sp³-hybridized carbons (Fsp3) is 0. The number of aromatic nitrogens is 4. The zero-order valence-electron chi connectivity index (χ0n) is 30.4. The van der Waals surface area contributed by atoms with Gasteiger partial charge in [0.15, 0.2) is 5.82 Å². The summed E-state index contributed by atoms with van der Waals surface area (Å²) in [5.74, 6) is 0.699. The second-order valence-electron chi connectivity index (χ2n) is 14.2. The first kappa shape index (κ1) is 31.9. The third-order valence-electron chi connectivity index (χ3n) is 10.9. The van der Waals surface area contributed by atoms with Crippen LogP contribution < -0.4 is 0 Å². The molecule has 0 bridgehead atoms. The van der Waals surface area contributed by atoms with E-state index in [2.05, 4.69) is 191 Å². The van der Waals surface area contributed by atoms with Crippen LogP contribution in [0.2, 0.25) is 0 Å². The minimum absolute atomic E-state index is 0.699. The molecular weight excluding hydrogens is 681 g/mol. The van der Waals surface area contributed by atoms with Crippen molar-refractivity contribution < 1.29 is 0 Å². The number of nitrogens with zero attached hydrogens (tertiary/aromatic N) is 4. The van der Waals surface area contributed by atoms with E-state index in [1.807, 2.05) is 24.3 Å². The Labute approximate surface area is 324 Å². The molecule has 3 heterocycles. The molecule has 0 atom stereocenters. The molecule has 0 unspecified atom stereocenters. The van der Waals surface area contributed by atoms with Crippen molar-refractivity contribution in [2.45, 2.75) is 0 Å². The Morgan fingerprint density at radius 2 is 0.821 bits per heavy atom. The van der Waals surface area contributed by atoms with E-state index in [9.17, 15) is 0 Å². The predicted octanol–water partition coefficient (Wildman–Crippen LogP) is 13.3. The predicted molar refractivity (Wildman–Crippen MR) is 232 cm³/mol. The molecule has 0 N–H and O–H groups in total. The van der Waals surface area contributed by atoms with Crippen molar-refractivity contribution in [1.29, 1.82) is 0 Å². The molecule has 0 aliphatic heterocycles. The normalized spacial score (nSPS) is 11.6. The van der Waals surface area contributed by atoms with Crippen LogP contribution in [0.15, 0.2) is 206 Å². The number of benzene rings is 8. The Hall–Kier alpha value is -7.56. The molecule has 8 aromatic carbocycles. The lowest BCUT2D eigenvalue weighted by Gasteiger charge is -2.15. The minimum Gasteiger partial charge on any atom is -0.309 e. The van der Waals surface area contributed by atoms with E-state index >= 15 is 0 Å². The molecule has 3 aromatic heterocycles. The molecule has 0 spiro atoms. The van der Waals surface area contributed by atoms with Crippen LogP contribution in [0.25, 0.3) is 100 Å². The Morgan fingerprint density at radius 3 is 1.52 bits per heavy atom. The first-order valence-corrected chi connectivity index (χ1v) is 19.0. The van der Waals surface area contributed by atoms with E-state index in [0.717, 1.165) is 50.5 Å². The van der Waals surface area contributed by atoms with Crippen molar-refractivity contribution in [3.05, 3.63) is 206 Å². The summed E-state index contributed by atoms with van der Waals surface area (Å²) < 4.78 is 4.85. The molecule has 56 heavy (non-hydrogen) atoms. The van der Waals surface area contributed by atoms with Gasteiger partial charge < -0.3 is 9.13 Å². The maximum atomic E-state index is 5.26. The van der Waals surface area contributed by atoms with Gasteiger partial charge in [0.25, 0.3) is 0 Å². The summed E-state index contributed by atoms with van der Waals surface area (Å²) in [7, 11) is 0. The van der Waals surface area contributed by atoms with E-state index in [1.54, 1.807) is 0 Å². The van der Waals surface area contributed by atoms with Gasteiger partial charge in [0.05, 0.1) is 39.1 Å². The summed E-state index contributed by atoms with van der Waals surface area (Å²) >= 11 is 0. The molecule has 0 aliphatic rings. The second-order valence-corrected chi connectivity index (χ2v) is 14.2. The van der Waals surface area contributed by atoms with Crippen LogP contribution in [-0.4, -0.2) is 19.1 Å². The lowest BCUT2D eigenvalue weighted by molar-refractivity contribution is 1.15. The van der Waals surface area contributed by atoms with Gasteiger partial charge in [-0.2, -0.15) is 0 Å². The Balaban J connectivity index is 1.17. The van der Waals surface area contributed by atoms with Crippen molar-refractivity contribution in [3.8, 4) is 56.4 Å². The number of fused-ring (bicyclic) bond motifs is 6. The summed E-state index contributed by atoms with van der Waals surface area (Å²) in [5, 5.41) is 4.82. The highest BCUT2D eigenvalue weighted by Gasteiger charge is 2.21. The van der Waals surface area contributed by atoms with Gasteiger partial charge in [0, 0.05) is 43.9 Å². The molecule has 4 heteroatoms. The lowest BCUT2D eigenvalue weighted by atomic mass is 10.0. The van der Waals surface area contributed by atoms with Crippen LogP contribution in [0.4, 0.5) is 0 Å². The largest absolute Gasteiger partial charge is 0.309 e. The molecule has 0 saturated carbocycles. The van der Waals surface area contributed by atoms with Crippen LogP contribution in [0.1, 0.15) is 0 Å². The highest BCUT2D eigenvalue weighted by Crippen LogP contribution is 2.42. The Kier molecular flexibility index (Phi) is 7.46. The first-order valence-electron chi connectivity index (χ1n) is 19.0. The van der Waals surface area contributed by atoms with Gasteiger partial charge in [-0.15, -0.1) is 0 Å². The zero-order valence-corrected chi connectivity index (χ0v) is 30.4. The van der Waals surface area contributed by atoms with Gasteiger partial charge in [-0.1, -0.05) is 158 Å². The monoisotopic (exact) mass is 714 g/mol. The molecule has 262 valence electrons. The average Bonchev–Trinajstić information content (AvgIpc) is 3.78. The van der Waals surface area contributed by atoms with Gasteiger partial charge in [-0.05, 0) is 59.7 Å². The van der Waals surface area contributed by atoms with Crippen molar-refractivity contribution in [2.75, 3.05) is 0 Å². The lowest BCUT2D eigenvalue weighted by Crippen LogP contribution is -2.00. The van der Waals surface area contributed by atoms with Crippen molar-refractivity contribution in [3.63, 3.8) is 0 Å². The van der Waals surface area contributed by atoms with Gasteiger partial charge in [-0.3, -0.25) is 0 Å². The fourth-order valence-electron chi connectivity index (χ4n) is 8.37. The summed E-state index contributed by atoms with van der Waals surface area (Å²) in [6.07, 6.45) is 0. The van der Waals surface area contributed by atoms with Crippen molar-refractivity contribution in [2.24, 2.45) is 0 Å². The van der Waals surface area contributed by atoms with Crippen LogP contribution in [0.5, 0.6) is 0 Å². The van der Waals surface area contributed by atoms with Gasteiger partial charge in [0.2, 0.25) is 0 Å². The van der Waals surface area contributed by atoms with E-state index in [-0.39, 0.29) is 0 Å². The molecule has 0 radical (unpaired) electrons. The van der Waals surface area contributed by atoms with Gasteiger partial charge in [0.1, 0.15) is 0 Å². The molecule has 11 rings (SSSR count). The number of hydrogen-bond acceptors (Lipinski definition) is 2. The number of hydrogen-bond donors (Lipinski definition) is 0. The van der Waals surface area contributed by atoms with Crippen LogP contribution in [-0.2, 0) is 0 Å². The topological polar surface area (TPSA) is 35.6 Å². The van der Waals surface area contributed by atoms with Crippen molar-refractivity contribution >= 4 is 43.6 Å². The van der Waals surface area contributed by atoms with E-state index < -0.39 is 0 Å². The first-order chi connectivity index (χ1) is 27.8. The molecule has 0 fully saturated rings. The van der Waals surface area contributed by atoms with E-state index in [1.165, 1.54) is 43.7 Å². The summed E-state index contributed by atoms with van der Waals surface area (Å²) in [6.45, 7) is 0.